The molecule has 4 unspecified atom stereocenters. The maximum absolute atomic E-state index is 12.4. The first-order valence-corrected chi connectivity index (χ1v) is 7.35. The van der Waals surface area contributed by atoms with E-state index in [4.69, 9.17) is 0 Å². The molecule has 2 N–H and O–H groups in total. The fourth-order valence-electron chi connectivity index (χ4n) is 3.59. The van der Waals surface area contributed by atoms with Gasteiger partial charge in [0, 0.05) is 30.5 Å². The summed E-state index contributed by atoms with van der Waals surface area (Å²) in [4.78, 5) is 25.4. The third-order valence-corrected chi connectivity index (χ3v) is 4.48. The molecule has 0 spiro atoms. The number of hydrogen-bond acceptors (Lipinski definition) is 3. The van der Waals surface area contributed by atoms with Gasteiger partial charge in [0.25, 0.3) is 0 Å². The summed E-state index contributed by atoms with van der Waals surface area (Å²) in [5.41, 5.74) is 0. The monoisotopic (exact) mass is 292 g/mol. The first-order valence-electron chi connectivity index (χ1n) is 7.35. The molecule has 3 heterocycles. The van der Waals surface area contributed by atoms with Crippen LogP contribution >= 0.6 is 0 Å². The van der Waals surface area contributed by atoms with Crippen molar-refractivity contribution < 1.29 is 14.7 Å². The number of amides is 2. The molecule has 0 saturated carbocycles. The van der Waals surface area contributed by atoms with E-state index in [-0.39, 0.29) is 24.2 Å². The highest BCUT2D eigenvalue weighted by Crippen LogP contribution is 2.41. The standard InChI is InChI=1S/C14H20N4O3/c1-9(8-17-6-2-5-15-17)16-14(21)18-10-3-4-12(18)11(7-10)13(19)20/h2,5-6,9-12H,3-4,7-8H2,1H3,(H,16,21)(H,19,20). The van der Waals surface area contributed by atoms with E-state index in [9.17, 15) is 14.7 Å². The van der Waals surface area contributed by atoms with E-state index in [2.05, 4.69) is 10.4 Å². The number of nitrogens with zero attached hydrogens (tertiary/aromatic N) is 3. The van der Waals surface area contributed by atoms with Crippen LogP contribution in [0.4, 0.5) is 4.79 Å². The molecule has 2 fully saturated rings. The lowest BCUT2D eigenvalue weighted by atomic mass is 9.89. The number of carbonyl (C=O) groups excluding carboxylic acids is 1. The van der Waals surface area contributed by atoms with Gasteiger partial charge >= 0.3 is 12.0 Å². The van der Waals surface area contributed by atoms with Crippen LogP contribution in [0.3, 0.4) is 0 Å². The summed E-state index contributed by atoms with van der Waals surface area (Å²) < 4.78 is 1.77. The second kappa shape index (κ2) is 5.38. The molecule has 2 aliphatic rings. The Morgan fingerprint density at radius 1 is 1.48 bits per heavy atom. The van der Waals surface area contributed by atoms with Gasteiger partial charge in [-0.25, -0.2) is 4.79 Å². The van der Waals surface area contributed by atoms with E-state index in [1.54, 1.807) is 15.8 Å². The molecule has 3 rings (SSSR count). The predicted molar refractivity (Wildman–Crippen MR) is 74.6 cm³/mol. The lowest BCUT2D eigenvalue weighted by Crippen LogP contribution is -2.48. The summed E-state index contributed by atoms with van der Waals surface area (Å²) in [5.74, 6) is -1.19. The summed E-state index contributed by atoms with van der Waals surface area (Å²) in [6.45, 7) is 2.52. The quantitative estimate of drug-likeness (QED) is 0.864. The maximum atomic E-state index is 12.4. The van der Waals surface area contributed by atoms with Gasteiger partial charge in [0.15, 0.2) is 0 Å². The average Bonchev–Trinajstić information content (AvgIpc) is 3.12. The van der Waals surface area contributed by atoms with Gasteiger partial charge in [0.1, 0.15) is 0 Å². The Morgan fingerprint density at radius 3 is 2.90 bits per heavy atom. The van der Waals surface area contributed by atoms with E-state index in [0.29, 0.717) is 13.0 Å². The number of aliphatic carboxylic acids is 1. The molecule has 0 aromatic carbocycles. The number of rotatable bonds is 4. The van der Waals surface area contributed by atoms with E-state index >= 15 is 0 Å². The molecule has 2 amide bonds. The van der Waals surface area contributed by atoms with E-state index in [0.717, 1.165) is 12.8 Å². The van der Waals surface area contributed by atoms with Crippen LogP contribution in [0, 0.1) is 5.92 Å². The van der Waals surface area contributed by atoms with E-state index in [1.807, 2.05) is 19.2 Å². The zero-order chi connectivity index (χ0) is 15.0. The third-order valence-electron chi connectivity index (χ3n) is 4.48. The Labute approximate surface area is 122 Å². The largest absolute Gasteiger partial charge is 0.481 e. The number of carboxylic acids is 1. The molecule has 2 bridgehead atoms. The van der Waals surface area contributed by atoms with Gasteiger partial charge in [0.2, 0.25) is 0 Å². The number of carboxylic acid groups (broad SMARTS) is 1. The number of fused-ring (bicyclic) bond motifs is 2. The normalized spacial score (nSPS) is 28.6. The zero-order valence-corrected chi connectivity index (χ0v) is 12.0. The van der Waals surface area contributed by atoms with Crippen LogP contribution in [0.1, 0.15) is 26.2 Å². The Kier molecular flexibility index (Phi) is 3.57. The van der Waals surface area contributed by atoms with Crippen molar-refractivity contribution in [2.75, 3.05) is 0 Å². The minimum absolute atomic E-state index is 0.0549. The molecule has 0 aliphatic carbocycles. The highest BCUT2D eigenvalue weighted by molar-refractivity contribution is 5.79. The second-order valence-electron chi connectivity index (χ2n) is 5.96. The van der Waals surface area contributed by atoms with Crippen LogP contribution in [-0.2, 0) is 11.3 Å². The maximum Gasteiger partial charge on any atom is 0.318 e. The highest BCUT2D eigenvalue weighted by Gasteiger charge is 2.51. The molecular weight excluding hydrogens is 272 g/mol. The lowest BCUT2D eigenvalue weighted by molar-refractivity contribution is -0.142. The Balaban J connectivity index is 1.60. The van der Waals surface area contributed by atoms with Crippen molar-refractivity contribution >= 4 is 12.0 Å². The van der Waals surface area contributed by atoms with Gasteiger partial charge in [-0.2, -0.15) is 5.10 Å². The number of hydrogen-bond donors (Lipinski definition) is 2. The van der Waals surface area contributed by atoms with Crippen molar-refractivity contribution in [3.8, 4) is 0 Å². The number of aromatic nitrogens is 2. The number of nitrogens with one attached hydrogen (secondary N) is 1. The van der Waals surface area contributed by atoms with E-state index < -0.39 is 11.9 Å². The molecule has 1 aromatic heterocycles. The highest BCUT2D eigenvalue weighted by atomic mass is 16.4. The topological polar surface area (TPSA) is 87.5 Å². The Hall–Kier alpha value is -2.05. The van der Waals surface area contributed by atoms with Gasteiger partial charge in [-0.1, -0.05) is 0 Å². The van der Waals surface area contributed by atoms with Crippen molar-refractivity contribution in [3.63, 3.8) is 0 Å². The fourth-order valence-corrected chi connectivity index (χ4v) is 3.59. The zero-order valence-electron chi connectivity index (χ0n) is 12.0. The predicted octanol–water partition coefficient (Wildman–Crippen LogP) is 0.919. The molecule has 1 aromatic rings. The van der Waals surface area contributed by atoms with Crippen LogP contribution < -0.4 is 5.32 Å². The summed E-state index contributed by atoms with van der Waals surface area (Å²) in [6, 6.07) is 1.57. The van der Waals surface area contributed by atoms with Crippen molar-refractivity contribution in [2.24, 2.45) is 5.92 Å². The van der Waals surface area contributed by atoms with E-state index in [1.165, 1.54) is 0 Å². The molecule has 114 valence electrons. The van der Waals surface area contributed by atoms with Gasteiger partial charge < -0.3 is 15.3 Å². The molecule has 7 heteroatoms. The van der Waals surface area contributed by atoms with Crippen LogP contribution in [0.2, 0.25) is 0 Å². The molecule has 21 heavy (non-hydrogen) atoms. The molecule has 7 nitrogen and oxygen atoms in total. The SMILES string of the molecule is CC(Cn1cccn1)NC(=O)N1C2CCC1C(C(=O)O)C2. The van der Waals surface area contributed by atoms with Crippen molar-refractivity contribution in [1.29, 1.82) is 0 Å². The number of urea groups is 1. The van der Waals surface area contributed by atoms with Crippen LogP contribution in [-0.4, -0.2) is 49.9 Å². The molecule has 2 aliphatic heterocycles. The lowest BCUT2D eigenvalue weighted by Gasteiger charge is -2.25. The van der Waals surface area contributed by atoms with Gasteiger partial charge in [-0.15, -0.1) is 0 Å². The first-order chi connectivity index (χ1) is 10.1. The van der Waals surface area contributed by atoms with Gasteiger partial charge in [0.05, 0.1) is 12.5 Å². The number of carbonyl (C=O) groups is 2. The van der Waals surface area contributed by atoms with Crippen LogP contribution in [0.5, 0.6) is 0 Å². The summed E-state index contributed by atoms with van der Waals surface area (Å²) in [7, 11) is 0. The molecule has 2 saturated heterocycles. The van der Waals surface area contributed by atoms with Crippen LogP contribution in [0.15, 0.2) is 18.5 Å². The van der Waals surface area contributed by atoms with Gasteiger partial charge in [-0.3, -0.25) is 9.48 Å². The Bertz CT molecular complexity index is 530. The van der Waals surface area contributed by atoms with Crippen molar-refractivity contribution in [1.82, 2.24) is 20.0 Å². The third kappa shape index (κ3) is 2.59. The molecule has 4 atom stereocenters. The minimum Gasteiger partial charge on any atom is -0.481 e. The smallest absolute Gasteiger partial charge is 0.318 e. The summed E-state index contributed by atoms with van der Waals surface area (Å²) >= 11 is 0. The molecule has 0 radical (unpaired) electrons. The second-order valence-corrected chi connectivity index (χ2v) is 5.96. The minimum atomic E-state index is -0.787. The average molecular weight is 292 g/mol. The van der Waals surface area contributed by atoms with Crippen molar-refractivity contribution in [3.05, 3.63) is 18.5 Å². The summed E-state index contributed by atoms with van der Waals surface area (Å²) in [6.07, 6.45) is 5.84. The molecular formula is C14H20N4O3. The fraction of sp³-hybridized carbons (Fsp3) is 0.643. The van der Waals surface area contributed by atoms with Crippen LogP contribution in [0.25, 0.3) is 0 Å². The first kappa shape index (κ1) is 13.9. The van der Waals surface area contributed by atoms with Gasteiger partial charge in [-0.05, 0) is 32.3 Å². The van der Waals surface area contributed by atoms with Crippen molar-refractivity contribution in [2.45, 2.75) is 50.9 Å². The Morgan fingerprint density at radius 2 is 2.29 bits per heavy atom. The summed E-state index contributed by atoms with van der Waals surface area (Å²) in [5, 5.41) is 16.3.